The molecular weight excluding hydrogens is 364 g/mol. The Morgan fingerprint density at radius 2 is 1.62 bits per heavy atom. The summed E-state index contributed by atoms with van der Waals surface area (Å²) < 4.78 is 0. The van der Waals surface area contributed by atoms with Crippen LogP contribution >= 0.6 is 0 Å². The Morgan fingerprint density at radius 3 is 2.34 bits per heavy atom. The molecule has 1 unspecified atom stereocenters. The van der Waals surface area contributed by atoms with E-state index in [1.807, 2.05) is 63.2 Å². The summed E-state index contributed by atoms with van der Waals surface area (Å²) in [5.74, 6) is 0. The molecule has 6 heteroatoms. The van der Waals surface area contributed by atoms with Crippen molar-refractivity contribution >= 4 is 12.1 Å². The molecule has 2 aliphatic rings. The molecule has 2 aromatic rings. The summed E-state index contributed by atoms with van der Waals surface area (Å²) >= 11 is 0. The van der Waals surface area contributed by atoms with Gasteiger partial charge in [-0.2, -0.15) is 0 Å². The van der Waals surface area contributed by atoms with E-state index in [1.165, 1.54) is 5.56 Å². The number of hydrogen-bond acceptors (Lipinski definition) is 2. The molecule has 29 heavy (non-hydrogen) atoms. The van der Waals surface area contributed by atoms with Crippen LogP contribution in [-0.4, -0.2) is 65.5 Å². The van der Waals surface area contributed by atoms with Crippen molar-refractivity contribution in [1.29, 1.82) is 0 Å². The maximum Gasteiger partial charge on any atom is 0.320 e. The largest absolute Gasteiger partial charge is 0.338 e. The van der Waals surface area contributed by atoms with E-state index in [1.54, 1.807) is 0 Å². The average molecular weight is 393 g/mol. The van der Waals surface area contributed by atoms with E-state index in [0.29, 0.717) is 26.2 Å². The summed E-state index contributed by atoms with van der Waals surface area (Å²) in [6.07, 6.45) is 1.67. The van der Waals surface area contributed by atoms with Crippen molar-refractivity contribution in [3.63, 3.8) is 0 Å². The van der Waals surface area contributed by atoms with Crippen LogP contribution in [0.4, 0.5) is 9.59 Å². The molecule has 0 aromatic heterocycles. The molecule has 4 rings (SSSR count). The van der Waals surface area contributed by atoms with Gasteiger partial charge in [0.25, 0.3) is 0 Å². The number of likely N-dealkylation sites (tertiary alicyclic amines) is 1. The van der Waals surface area contributed by atoms with Crippen molar-refractivity contribution in [2.45, 2.75) is 25.4 Å². The lowest BCUT2D eigenvalue weighted by atomic mass is 10.1. The first-order chi connectivity index (χ1) is 14.2. The van der Waals surface area contributed by atoms with Crippen LogP contribution in [0, 0.1) is 0 Å². The van der Waals surface area contributed by atoms with Crippen molar-refractivity contribution < 1.29 is 9.59 Å². The summed E-state index contributed by atoms with van der Waals surface area (Å²) in [6.45, 7) is 4.06. The van der Waals surface area contributed by atoms with Gasteiger partial charge in [-0.1, -0.05) is 60.7 Å². The number of hydrogen-bond donors (Lipinski definition) is 1. The molecule has 2 saturated heterocycles. The summed E-state index contributed by atoms with van der Waals surface area (Å²) in [6, 6.07) is 20.4. The van der Waals surface area contributed by atoms with Crippen molar-refractivity contribution in [3.8, 4) is 0 Å². The fourth-order valence-electron chi connectivity index (χ4n) is 4.14. The Kier molecular flexibility index (Phi) is 5.98. The number of carbonyl (C=O) groups excluding carboxylic acids is 2. The monoisotopic (exact) mass is 392 g/mol. The zero-order valence-corrected chi connectivity index (χ0v) is 16.7. The summed E-state index contributed by atoms with van der Waals surface area (Å²) in [7, 11) is 0. The van der Waals surface area contributed by atoms with Crippen LogP contribution in [0.2, 0.25) is 0 Å². The number of amides is 4. The smallest absolute Gasteiger partial charge is 0.320 e. The first kappa shape index (κ1) is 19.3. The van der Waals surface area contributed by atoms with E-state index in [0.717, 1.165) is 31.5 Å². The van der Waals surface area contributed by atoms with Gasteiger partial charge in [0.2, 0.25) is 0 Å². The van der Waals surface area contributed by atoms with Crippen molar-refractivity contribution in [2.24, 2.45) is 0 Å². The van der Waals surface area contributed by atoms with Gasteiger partial charge < -0.3 is 20.0 Å². The highest BCUT2D eigenvalue weighted by atomic mass is 16.2. The summed E-state index contributed by atoms with van der Waals surface area (Å²) in [5, 5.41) is 3.01. The minimum absolute atomic E-state index is 0.0313. The second kappa shape index (κ2) is 8.99. The average Bonchev–Trinajstić information content (AvgIpc) is 3.37. The fourth-order valence-corrected chi connectivity index (χ4v) is 4.14. The van der Waals surface area contributed by atoms with Gasteiger partial charge in [0.15, 0.2) is 0 Å². The third-order valence-corrected chi connectivity index (χ3v) is 5.77. The Labute approximate surface area is 172 Å². The highest BCUT2D eigenvalue weighted by Gasteiger charge is 2.38. The van der Waals surface area contributed by atoms with E-state index in [4.69, 9.17) is 0 Å². The van der Waals surface area contributed by atoms with Crippen molar-refractivity contribution in [2.75, 3.05) is 32.7 Å². The molecule has 0 radical (unpaired) electrons. The zero-order chi connectivity index (χ0) is 20.1. The molecule has 2 aliphatic heterocycles. The molecule has 0 bridgehead atoms. The quantitative estimate of drug-likeness (QED) is 0.822. The SMILES string of the molecule is O=C(NCCc1ccccc1)N1CCC(N2CCN(Cc3ccccc3)C2=O)C1. The third-order valence-electron chi connectivity index (χ3n) is 5.77. The van der Waals surface area contributed by atoms with Crippen molar-refractivity contribution in [3.05, 3.63) is 71.8 Å². The van der Waals surface area contributed by atoms with E-state index < -0.39 is 0 Å². The number of urea groups is 2. The Balaban J connectivity index is 1.24. The molecule has 6 nitrogen and oxygen atoms in total. The molecule has 152 valence electrons. The van der Waals surface area contributed by atoms with Crippen LogP contribution < -0.4 is 5.32 Å². The van der Waals surface area contributed by atoms with E-state index in [-0.39, 0.29) is 18.1 Å². The number of nitrogens with zero attached hydrogens (tertiary/aromatic N) is 3. The Bertz CT molecular complexity index is 827. The molecule has 1 atom stereocenters. The molecule has 1 N–H and O–H groups in total. The maximum absolute atomic E-state index is 12.8. The van der Waals surface area contributed by atoms with Crippen LogP contribution in [0.5, 0.6) is 0 Å². The second-order valence-corrected chi connectivity index (χ2v) is 7.74. The van der Waals surface area contributed by atoms with Crippen LogP contribution in [0.3, 0.4) is 0 Å². The summed E-state index contributed by atoms with van der Waals surface area (Å²) in [5.41, 5.74) is 2.36. The van der Waals surface area contributed by atoms with Gasteiger partial charge in [-0.15, -0.1) is 0 Å². The molecule has 2 heterocycles. The van der Waals surface area contributed by atoms with E-state index in [2.05, 4.69) is 17.4 Å². The second-order valence-electron chi connectivity index (χ2n) is 7.74. The molecule has 2 aromatic carbocycles. The normalized spacial score (nSPS) is 19.1. The first-order valence-electron chi connectivity index (χ1n) is 10.4. The Morgan fingerprint density at radius 1 is 0.931 bits per heavy atom. The summed E-state index contributed by atoms with van der Waals surface area (Å²) in [4.78, 5) is 31.0. The Hall–Kier alpha value is -3.02. The van der Waals surface area contributed by atoms with E-state index in [9.17, 15) is 9.59 Å². The van der Waals surface area contributed by atoms with Crippen LogP contribution in [0.1, 0.15) is 17.5 Å². The minimum Gasteiger partial charge on any atom is -0.338 e. The predicted octanol–water partition coefficient (Wildman–Crippen LogP) is 2.95. The highest BCUT2D eigenvalue weighted by molar-refractivity contribution is 5.78. The van der Waals surface area contributed by atoms with Crippen LogP contribution in [-0.2, 0) is 13.0 Å². The van der Waals surface area contributed by atoms with Crippen molar-refractivity contribution in [1.82, 2.24) is 20.0 Å². The molecule has 0 saturated carbocycles. The number of nitrogens with one attached hydrogen (secondary N) is 1. The van der Waals surface area contributed by atoms with Gasteiger partial charge in [0.1, 0.15) is 0 Å². The highest BCUT2D eigenvalue weighted by Crippen LogP contribution is 2.22. The van der Waals surface area contributed by atoms with Gasteiger partial charge >= 0.3 is 12.1 Å². The number of rotatable bonds is 6. The van der Waals surface area contributed by atoms with E-state index >= 15 is 0 Å². The molecule has 0 aliphatic carbocycles. The van der Waals surface area contributed by atoms with Gasteiger partial charge in [0, 0.05) is 39.3 Å². The molecular formula is C23H28N4O2. The fraction of sp³-hybridized carbons (Fsp3) is 0.391. The lowest BCUT2D eigenvalue weighted by molar-refractivity contribution is 0.173. The van der Waals surface area contributed by atoms with Gasteiger partial charge in [-0.25, -0.2) is 9.59 Å². The van der Waals surface area contributed by atoms with Gasteiger partial charge in [-0.05, 0) is 24.0 Å². The van der Waals surface area contributed by atoms with Crippen LogP contribution in [0.25, 0.3) is 0 Å². The molecule has 2 fully saturated rings. The zero-order valence-electron chi connectivity index (χ0n) is 16.7. The number of carbonyl (C=O) groups is 2. The topological polar surface area (TPSA) is 55.9 Å². The standard InChI is InChI=1S/C23H28N4O2/c28-22(24-13-11-19-7-3-1-4-8-19)25-14-12-21(18-25)27-16-15-26(23(27)29)17-20-9-5-2-6-10-20/h1-10,21H,11-18H2,(H,24,28). The first-order valence-corrected chi connectivity index (χ1v) is 10.4. The number of benzene rings is 2. The molecule has 0 spiro atoms. The van der Waals surface area contributed by atoms with Crippen LogP contribution in [0.15, 0.2) is 60.7 Å². The lowest BCUT2D eigenvalue weighted by Gasteiger charge is -2.25. The predicted molar refractivity (Wildman–Crippen MR) is 112 cm³/mol. The van der Waals surface area contributed by atoms with Gasteiger partial charge in [-0.3, -0.25) is 0 Å². The van der Waals surface area contributed by atoms with Gasteiger partial charge in [0.05, 0.1) is 6.04 Å². The maximum atomic E-state index is 12.8. The lowest BCUT2D eigenvalue weighted by Crippen LogP contribution is -2.44. The third kappa shape index (κ3) is 4.70. The minimum atomic E-state index is -0.0313. The molecule has 4 amide bonds.